The molecule has 168 valence electrons. The summed E-state index contributed by atoms with van der Waals surface area (Å²) >= 11 is 0. The van der Waals surface area contributed by atoms with Crippen LogP contribution in [-0.4, -0.2) is 4.98 Å². The highest BCUT2D eigenvalue weighted by atomic mass is 14.6. The van der Waals surface area contributed by atoms with Gasteiger partial charge in [0.25, 0.3) is 0 Å². The van der Waals surface area contributed by atoms with Crippen LogP contribution in [0, 0.1) is 0 Å². The van der Waals surface area contributed by atoms with E-state index in [-0.39, 0.29) is 0 Å². The summed E-state index contributed by atoms with van der Waals surface area (Å²) < 4.78 is 0. The van der Waals surface area contributed by atoms with Gasteiger partial charge >= 0.3 is 0 Å². The first-order valence-corrected chi connectivity index (χ1v) is 12.3. The number of fused-ring (bicyclic) bond motifs is 3. The van der Waals surface area contributed by atoms with Crippen LogP contribution in [0.4, 0.5) is 0 Å². The van der Waals surface area contributed by atoms with Crippen molar-refractivity contribution in [2.45, 2.75) is 0 Å². The highest BCUT2D eigenvalue weighted by Gasteiger charge is 2.16. The molecule has 0 atom stereocenters. The molecule has 1 nitrogen and oxygen atoms in total. The molecular formula is C35H23N. The van der Waals surface area contributed by atoms with E-state index in [1.807, 2.05) is 12.4 Å². The average molecular weight is 458 g/mol. The highest BCUT2D eigenvalue weighted by molar-refractivity contribution is 6.21. The molecule has 36 heavy (non-hydrogen) atoms. The Morgan fingerprint density at radius 3 is 1.69 bits per heavy atom. The third kappa shape index (κ3) is 3.29. The molecule has 0 aliphatic carbocycles. The quantitative estimate of drug-likeness (QED) is 0.241. The third-order valence-corrected chi connectivity index (χ3v) is 7.16. The molecule has 0 amide bonds. The van der Waals surface area contributed by atoms with Crippen molar-refractivity contribution >= 4 is 32.3 Å². The maximum absolute atomic E-state index is 4.54. The molecule has 1 aromatic heterocycles. The molecule has 0 saturated heterocycles. The number of hydrogen-bond acceptors (Lipinski definition) is 1. The summed E-state index contributed by atoms with van der Waals surface area (Å²) in [5, 5.41) is 7.44. The topological polar surface area (TPSA) is 12.9 Å². The van der Waals surface area contributed by atoms with Gasteiger partial charge in [-0.15, -0.1) is 0 Å². The first kappa shape index (κ1) is 20.6. The van der Waals surface area contributed by atoms with Crippen molar-refractivity contribution < 1.29 is 0 Å². The summed E-state index contributed by atoms with van der Waals surface area (Å²) in [5.74, 6) is 0. The lowest BCUT2D eigenvalue weighted by Crippen LogP contribution is -1.91. The van der Waals surface area contributed by atoms with Crippen LogP contribution in [0.2, 0.25) is 0 Å². The third-order valence-electron chi connectivity index (χ3n) is 7.16. The van der Waals surface area contributed by atoms with Crippen LogP contribution < -0.4 is 0 Å². The van der Waals surface area contributed by atoms with Crippen molar-refractivity contribution in [3.63, 3.8) is 0 Å². The molecule has 6 aromatic carbocycles. The second-order valence-corrected chi connectivity index (χ2v) is 9.19. The van der Waals surface area contributed by atoms with Crippen molar-refractivity contribution in [1.29, 1.82) is 0 Å². The fraction of sp³-hybridized carbons (Fsp3) is 0. The predicted octanol–water partition coefficient (Wildman–Crippen LogP) is 9.54. The van der Waals surface area contributed by atoms with Gasteiger partial charge in [0.1, 0.15) is 0 Å². The molecule has 0 radical (unpaired) electrons. The molecule has 0 spiro atoms. The Balaban J connectivity index is 1.47. The van der Waals surface area contributed by atoms with Gasteiger partial charge in [0, 0.05) is 17.8 Å². The lowest BCUT2D eigenvalue weighted by atomic mass is 9.86. The molecular weight excluding hydrogens is 434 g/mol. The molecule has 0 bridgehead atoms. The fourth-order valence-corrected chi connectivity index (χ4v) is 5.54. The van der Waals surface area contributed by atoms with Gasteiger partial charge < -0.3 is 0 Å². The maximum Gasteiger partial charge on any atom is 0.0353 e. The van der Waals surface area contributed by atoms with Gasteiger partial charge in [-0.2, -0.15) is 0 Å². The summed E-state index contributed by atoms with van der Waals surface area (Å²) in [6.45, 7) is 0. The molecule has 0 aliphatic rings. The number of nitrogens with zero attached hydrogens (tertiary/aromatic N) is 1. The van der Waals surface area contributed by atoms with Crippen molar-refractivity contribution in [1.82, 2.24) is 4.98 Å². The summed E-state index contributed by atoms with van der Waals surface area (Å²) in [5.41, 5.74) is 7.41. The normalized spacial score (nSPS) is 11.3. The van der Waals surface area contributed by atoms with E-state index in [1.165, 1.54) is 65.7 Å². The number of hydrogen-bond donors (Lipinski definition) is 0. The molecule has 1 heterocycles. The molecule has 1 heteroatoms. The molecule has 0 aliphatic heterocycles. The summed E-state index contributed by atoms with van der Waals surface area (Å²) in [7, 11) is 0. The van der Waals surface area contributed by atoms with E-state index in [4.69, 9.17) is 0 Å². The van der Waals surface area contributed by atoms with E-state index >= 15 is 0 Å². The average Bonchev–Trinajstić information content (AvgIpc) is 2.96. The van der Waals surface area contributed by atoms with Crippen molar-refractivity contribution in [3.8, 4) is 33.4 Å². The van der Waals surface area contributed by atoms with Crippen LogP contribution >= 0.6 is 0 Å². The molecule has 0 fully saturated rings. The summed E-state index contributed by atoms with van der Waals surface area (Å²) in [6, 6.07) is 45.7. The molecule has 0 unspecified atom stereocenters. The summed E-state index contributed by atoms with van der Waals surface area (Å²) in [4.78, 5) is 4.54. The fourth-order valence-electron chi connectivity index (χ4n) is 5.54. The Morgan fingerprint density at radius 1 is 0.361 bits per heavy atom. The SMILES string of the molecule is c1ccc(-c2c3ccccc3c(-c3ccc(-c4cccc5ccccc45)cc3)c3cnccc23)cc1. The van der Waals surface area contributed by atoms with Gasteiger partial charge in [0.15, 0.2) is 0 Å². The van der Waals surface area contributed by atoms with Crippen LogP contribution in [0.15, 0.2) is 140 Å². The van der Waals surface area contributed by atoms with Gasteiger partial charge in [0.05, 0.1) is 0 Å². The first-order valence-electron chi connectivity index (χ1n) is 12.3. The zero-order valence-corrected chi connectivity index (χ0v) is 19.7. The Kier molecular flexibility index (Phi) is 4.85. The maximum atomic E-state index is 4.54. The minimum absolute atomic E-state index is 1.17. The monoisotopic (exact) mass is 457 g/mol. The van der Waals surface area contributed by atoms with Gasteiger partial charge in [0.2, 0.25) is 0 Å². The Morgan fingerprint density at radius 2 is 0.917 bits per heavy atom. The second-order valence-electron chi connectivity index (χ2n) is 9.19. The van der Waals surface area contributed by atoms with Gasteiger partial charge in [-0.05, 0) is 66.4 Å². The number of pyridine rings is 1. The van der Waals surface area contributed by atoms with E-state index in [1.54, 1.807) is 0 Å². The minimum atomic E-state index is 1.17. The van der Waals surface area contributed by atoms with Gasteiger partial charge in [-0.25, -0.2) is 0 Å². The van der Waals surface area contributed by atoms with E-state index in [0.717, 1.165) is 0 Å². The standard InChI is InChI=1S/C35H23N/c1-2-10-26(11-3-1)34-30-14-6-7-15-31(30)35(33-23-36-22-21-32(33)34)27-19-17-25(18-20-27)29-16-8-12-24-9-4-5-13-28(24)29/h1-23H. The second kappa shape index (κ2) is 8.48. The lowest BCUT2D eigenvalue weighted by Gasteiger charge is -2.17. The largest absolute Gasteiger partial charge is 0.264 e. The summed E-state index contributed by atoms with van der Waals surface area (Å²) in [6.07, 6.45) is 3.92. The van der Waals surface area contributed by atoms with Crippen molar-refractivity contribution in [3.05, 3.63) is 140 Å². The molecule has 7 aromatic rings. The van der Waals surface area contributed by atoms with Crippen LogP contribution in [0.3, 0.4) is 0 Å². The van der Waals surface area contributed by atoms with Crippen LogP contribution in [0.1, 0.15) is 0 Å². The number of benzene rings is 6. The van der Waals surface area contributed by atoms with Crippen molar-refractivity contribution in [2.75, 3.05) is 0 Å². The Bertz CT molecular complexity index is 1800. The van der Waals surface area contributed by atoms with Crippen LogP contribution in [0.25, 0.3) is 65.7 Å². The lowest BCUT2D eigenvalue weighted by molar-refractivity contribution is 1.37. The zero-order chi connectivity index (χ0) is 23.9. The van der Waals surface area contributed by atoms with Gasteiger partial charge in [-0.3, -0.25) is 4.98 Å². The van der Waals surface area contributed by atoms with Crippen molar-refractivity contribution in [2.24, 2.45) is 0 Å². The van der Waals surface area contributed by atoms with Crippen LogP contribution in [-0.2, 0) is 0 Å². The number of aromatic nitrogens is 1. The van der Waals surface area contributed by atoms with E-state index < -0.39 is 0 Å². The molecule has 0 N–H and O–H groups in total. The van der Waals surface area contributed by atoms with Crippen LogP contribution in [0.5, 0.6) is 0 Å². The molecule has 0 saturated carbocycles. The van der Waals surface area contributed by atoms with E-state index in [0.29, 0.717) is 0 Å². The zero-order valence-electron chi connectivity index (χ0n) is 19.7. The predicted molar refractivity (Wildman–Crippen MR) is 153 cm³/mol. The molecule has 7 rings (SSSR count). The smallest absolute Gasteiger partial charge is 0.0353 e. The van der Waals surface area contributed by atoms with E-state index in [2.05, 4.69) is 132 Å². The highest BCUT2D eigenvalue weighted by Crippen LogP contribution is 2.43. The van der Waals surface area contributed by atoms with Gasteiger partial charge in [-0.1, -0.05) is 121 Å². The first-order chi connectivity index (χ1) is 17.9. The number of rotatable bonds is 3. The Labute approximate surface area is 210 Å². The Hall–Kier alpha value is -4.75. The minimum Gasteiger partial charge on any atom is -0.264 e. The van der Waals surface area contributed by atoms with E-state index in [9.17, 15) is 0 Å².